The van der Waals surface area contributed by atoms with Crippen molar-refractivity contribution in [3.8, 4) is 0 Å². The number of aromatic nitrogens is 1. The molecule has 0 fully saturated rings. The van der Waals surface area contributed by atoms with Gasteiger partial charge in [0.05, 0.1) is 5.52 Å². The van der Waals surface area contributed by atoms with E-state index in [2.05, 4.69) is 10.3 Å². The van der Waals surface area contributed by atoms with E-state index in [0.29, 0.717) is 11.6 Å². The molecule has 1 aliphatic rings. The van der Waals surface area contributed by atoms with E-state index >= 15 is 0 Å². The zero-order valence-electron chi connectivity index (χ0n) is 8.64. The molecule has 1 aromatic heterocycles. The Balaban J connectivity index is 2.42. The highest BCUT2D eigenvalue weighted by Crippen LogP contribution is 2.23. The number of benzene rings is 1. The van der Waals surface area contributed by atoms with E-state index in [1.807, 2.05) is 12.1 Å². The van der Waals surface area contributed by atoms with Crippen LogP contribution in [0, 0.1) is 0 Å². The first kappa shape index (κ1) is 9.87. The number of aromatic amines is 1. The molecule has 0 saturated heterocycles. The summed E-state index contributed by atoms with van der Waals surface area (Å²) in [5, 5.41) is 4.97. The third-order valence-corrected chi connectivity index (χ3v) is 3.28. The lowest BCUT2D eigenvalue weighted by molar-refractivity contribution is 0.640. The Kier molecular flexibility index (Phi) is 2.23. The van der Waals surface area contributed by atoms with Crippen molar-refractivity contribution in [3.63, 3.8) is 0 Å². The van der Waals surface area contributed by atoms with Crippen LogP contribution >= 0.6 is 11.6 Å². The quantitative estimate of drug-likeness (QED) is 0.731. The van der Waals surface area contributed by atoms with E-state index < -0.39 is 0 Å². The van der Waals surface area contributed by atoms with Crippen LogP contribution in [0.3, 0.4) is 0 Å². The van der Waals surface area contributed by atoms with Crippen LogP contribution in [0.2, 0.25) is 5.02 Å². The van der Waals surface area contributed by atoms with E-state index in [9.17, 15) is 4.79 Å². The highest BCUT2D eigenvalue weighted by molar-refractivity contribution is 6.31. The van der Waals surface area contributed by atoms with Gasteiger partial charge in [-0.15, -0.1) is 0 Å². The second kappa shape index (κ2) is 3.61. The number of rotatable bonds is 0. The molecular weight excluding hydrogens is 224 g/mol. The normalized spacial score (nSPS) is 15.1. The van der Waals surface area contributed by atoms with Crippen LogP contribution in [0.1, 0.15) is 11.1 Å². The van der Waals surface area contributed by atoms with E-state index in [1.54, 1.807) is 6.07 Å². The highest BCUT2D eigenvalue weighted by atomic mass is 35.5. The summed E-state index contributed by atoms with van der Waals surface area (Å²) in [5.74, 6) is 0. The van der Waals surface area contributed by atoms with Crippen molar-refractivity contribution in [2.45, 2.75) is 13.0 Å². The molecule has 0 atom stereocenters. The van der Waals surface area contributed by atoms with Crippen LogP contribution in [0.15, 0.2) is 23.0 Å². The molecule has 2 heterocycles. The first-order valence-electron chi connectivity index (χ1n) is 5.30. The fraction of sp³-hybridized carbons (Fsp3) is 0.250. The summed E-state index contributed by atoms with van der Waals surface area (Å²) in [6.45, 7) is 1.58. The monoisotopic (exact) mass is 234 g/mol. The van der Waals surface area contributed by atoms with Crippen molar-refractivity contribution in [1.29, 1.82) is 0 Å². The van der Waals surface area contributed by atoms with Crippen LogP contribution in [-0.2, 0) is 13.0 Å². The van der Waals surface area contributed by atoms with Gasteiger partial charge in [-0.05, 0) is 30.7 Å². The zero-order valence-corrected chi connectivity index (χ0v) is 9.40. The van der Waals surface area contributed by atoms with E-state index in [-0.39, 0.29) is 5.56 Å². The molecule has 0 aliphatic carbocycles. The Morgan fingerprint density at radius 3 is 3.00 bits per heavy atom. The fourth-order valence-electron chi connectivity index (χ4n) is 2.28. The summed E-state index contributed by atoms with van der Waals surface area (Å²) in [7, 11) is 0. The maximum absolute atomic E-state index is 11.9. The van der Waals surface area contributed by atoms with Gasteiger partial charge in [0, 0.05) is 22.5 Å². The number of pyridine rings is 1. The van der Waals surface area contributed by atoms with Gasteiger partial charge in [-0.25, -0.2) is 0 Å². The van der Waals surface area contributed by atoms with Gasteiger partial charge in [-0.1, -0.05) is 17.7 Å². The number of H-pyrrole nitrogens is 1. The topological polar surface area (TPSA) is 44.9 Å². The van der Waals surface area contributed by atoms with Crippen molar-refractivity contribution in [2.24, 2.45) is 0 Å². The molecule has 0 saturated carbocycles. The molecular formula is C12H11ClN2O. The molecule has 0 amide bonds. The lowest BCUT2D eigenvalue weighted by atomic mass is 9.98. The maximum atomic E-state index is 11.9. The third kappa shape index (κ3) is 1.44. The second-order valence-electron chi connectivity index (χ2n) is 4.03. The SMILES string of the molecule is O=c1[nH]c2cc(Cl)ccc2c2c1CNCC2. The number of fused-ring (bicyclic) bond motifs is 3. The number of hydrogen-bond acceptors (Lipinski definition) is 2. The van der Waals surface area contributed by atoms with E-state index in [0.717, 1.165) is 35.0 Å². The van der Waals surface area contributed by atoms with Crippen LogP contribution in [-0.4, -0.2) is 11.5 Å². The largest absolute Gasteiger partial charge is 0.322 e. The Morgan fingerprint density at radius 1 is 1.25 bits per heavy atom. The number of halogens is 1. The molecule has 0 bridgehead atoms. The minimum absolute atomic E-state index is 0.00281. The van der Waals surface area contributed by atoms with Gasteiger partial charge in [0.2, 0.25) is 0 Å². The van der Waals surface area contributed by atoms with Gasteiger partial charge >= 0.3 is 0 Å². The molecule has 2 N–H and O–H groups in total. The number of hydrogen-bond donors (Lipinski definition) is 2. The summed E-state index contributed by atoms with van der Waals surface area (Å²) in [4.78, 5) is 14.7. The Bertz CT molecular complexity index is 618. The van der Waals surface area contributed by atoms with Gasteiger partial charge < -0.3 is 10.3 Å². The maximum Gasteiger partial charge on any atom is 0.253 e. The molecule has 2 aromatic rings. The van der Waals surface area contributed by atoms with Gasteiger partial charge in [-0.3, -0.25) is 4.79 Å². The Labute approximate surface area is 97.4 Å². The Hall–Kier alpha value is -1.32. The van der Waals surface area contributed by atoms with Crippen molar-refractivity contribution in [1.82, 2.24) is 10.3 Å². The van der Waals surface area contributed by atoms with Gasteiger partial charge in [0.15, 0.2) is 0 Å². The molecule has 3 rings (SSSR count). The van der Waals surface area contributed by atoms with Crippen molar-refractivity contribution < 1.29 is 0 Å². The van der Waals surface area contributed by atoms with E-state index in [1.165, 1.54) is 0 Å². The fourth-order valence-corrected chi connectivity index (χ4v) is 2.45. The second-order valence-corrected chi connectivity index (χ2v) is 4.46. The van der Waals surface area contributed by atoms with Gasteiger partial charge in [-0.2, -0.15) is 0 Å². The summed E-state index contributed by atoms with van der Waals surface area (Å²) in [6.07, 6.45) is 0.900. The molecule has 16 heavy (non-hydrogen) atoms. The minimum Gasteiger partial charge on any atom is -0.322 e. The van der Waals surface area contributed by atoms with Crippen LogP contribution < -0.4 is 10.9 Å². The molecule has 0 radical (unpaired) electrons. The van der Waals surface area contributed by atoms with Crippen molar-refractivity contribution in [3.05, 3.63) is 44.7 Å². The molecule has 0 unspecified atom stereocenters. The molecule has 4 heteroatoms. The summed E-state index contributed by atoms with van der Waals surface area (Å²) in [6, 6.07) is 5.66. The van der Waals surface area contributed by atoms with E-state index in [4.69, 9.17) is 11.6 Å². The molecule has 0 spiro atoms. The minimum atomic E-state index is -0.00281. The zero-order chi connectivity index (χ0) is 11.1. The van der Waals surface area contributed by atoms with Gasteiger partial charge in [0.1, 0.15) is 0 Å². The predicted octanol–water partition coefficient (Wildman–Crippen LogP) is 1.83. The van der Waals surface area contributed by atoms with Crippen LogP contribution in [0.4, 0.5) is 0 Å². The Morgan fingerprint density at radius 2 is 2.12 bits per heavy atom. The summed E-state index contributed by atoms with van der Waals surface area (Å²) >= 11 is 5.92. The van der Waals surface area contributed by atoms with Crippen molar-refractivity contribution >= 4 is 22.5 Å². The molecule has 82 valence electrons. The lowest BCUT2D eigenvalue weighted by Crippen LogP contribution is -2.30. The molecule has 1 aromatic carbocycles. The predicted molar refractivity (Wildman–Crippen MR) is 65.0 cm³/mol. The first-order valence-corrected chi connectivity index (χ1v) is 5.67. The molecule has 1 aliphatic heterocycles. The smallest absolute Gasteiger partial charge is 0.253 e. The standard InChI is InChI=1S/C12H11ClN2O/c13-7-1-2-9-8-3-4-14-6-10(8)12(16)15-11(9)5-7/h1-2,5,14H,3-4,6H2,(H,15,16). The average Bonchev–Trinajstić information content (AvgIpc) is 2.29. The lowest BCUT2D eigenvalue weighted by Gasteiger charge is -2.18. The summed E-state index contributed by atoms with van der Waals surface area (Å²) < 4.78 is 0. The summed E-state index contributed by atoms with van der Waals surface area (Å²) in [5.41, 5.74) is 2.85. The van der Waals surface area contributed by atoms with Crippen molar-refractivity contribution in [2.75, 3.05) is 6.54 Å². The first-order chi connectivity index (χ1) is 7.75. The third-order valence-electron chi connectivity index (χ3n) is 3.05. The molecule has 3 nitrogen and oxygen atoms in total. The number of nitrogens with one attached hydrogen (secondary N) is 2. The van der Waals surface area contributed by atoms with Crippen LogP contribution in [0.5, 0.6) is 0 Å². The van der Waals surface area contributed by atoms with Crippen LogP contribution in [0.25, 0.3) is 10.9 Å². The highest BCUT2D eigenvalue weighted by Gasteiger charge is 2.15. The van der Waals surface area contributed by atoms with Gasteiger partial charge in [0.25, 0.3) is 5.56 Å². The average molecular weight is 235 g/mol.